The number of likely N-dealkylation sites (N-methyl/N-ethyl adjacent to an activating group) is 2. The average molecular weight is 549 g/mol. The maximum atomic E-state index is 5.44. The fraction of sp³-hybridized carbons (Fsp3) is 0.857. The SMILES string of the molecule is CCN1CCCC1CN(C)C(=NCc1nnc(C)n1C)NCCCN1CCOCC1.I. The highest BCUT2D eigenvalue weighted by atomic mass is 127. The predicted octanol–water partition coefficient (Wildman–Crippen LogP) is 1.33. The van der Waals surface area contributed by atoms with Crippen LogP contribution in [-0.2, 0) is 18.3 Å². The molecule has 2 fully saturated rings. The molecule has 0 amide bonds. The zero-order chi connectivity index (χ0) is 21.3. The third-order valence-electron chi connectivity index (χ3n) is 6.34. The second-order valence-corrected chi connectivity index (χ2v) is 8.40. The van der Waals surface area contributed by atoms with Gasteiger partial charge in [-0.15, -0.1) is 34.2 Å². The highest BCUT2D eigenvalue weighted by Gasteiger charge is 2.25. The normalized spacial score (nSPS) is 20.6. The van der Waals surface area contributed by atoms with Crippen molar-refractivity contribution in [1.29, 1.82) is 0 Å². The molecule has 0 radical (unpaired) electrons. The maximum absolute atomic E-state index is 5.44. The van der Waals surface area contributed by atoms with Crippen molar-refractivity contribution in [2.24, 2.45) is 12.0 Å². The number of morpholine rings is 1. The summed E-state index contributed by atoms with van der Waals surface area (Å²) in [5, 5.41) is 12.0. The number of rotatable bonds is 9. The lowest BCUT2D eigenvalue weighted by Gasteiger charge is -2.30. The number of aromatic nitrogens is 3. The summed E-state index contributed by atoms with van der Waals surface area (Å²) < 4.78 is 7.45. The van der Waals surface area contributed by atoms with E-state index in [-0.39, 0.29) is 24.0 Å². The first-order chi connectivity index (χ1) is 14.6. The molecule has 2 aliphatic heterocycles. The minimum absolute atomic E-state index is 0. The van der Waals surface area contributed by atoms with E-state index >= 15 is 0 Å². The minimum atomic E-state index is 0. The fourth-order valence-corrected chi connectivity index (χ4v) is 4.29. The van der Waals surface area contributed by atoms with Crippen molar-refractivity contribution in [2.45, 2.75) is 45.7 Å². The van der Waals surface area contributed by atoms with Crippen LogP contribution in [0.3, 0.4) is 0 Å². The van der Waals surface area contributed by atoms with Gasteiger partial charge in [0.05, 0.1) is 13.2 Å². The lowest BCUT2D eigenvalue weighted by atomic mass is 10.2. The molecule has 178 valence electrons. The lowest BCUT2D eigenvalue weighted by molar-refractivity contribution is 0.0375. The summed E-state index contributed by atoms with van der Waals surface area (Å²) in [5.41, 5.74) is 0. The molecule has 3 heterocycles. The van der Waals surface area contributed by atoms with Crippen LogP contribution in [0.4, 0.5) is 0 Å². The van der Waals surface area contributed by atoms with Gasteiger partial charge in [-0.3, -0.25) is 9.80 Å². The van der Waals surface area contributed by atoms with Gasteiger partial charge in [-0.05, 0) is 45.8 Å². The van der Waals surface area contributed by atoms with Gasteiger partial charge in [-0.2, -0.15) is 0 Å². The first kappa shape index (κ1) is 26.3. The number of likely N-dealkylation sites (tertiary alicyclic amines) is 1. The van der Waals surface area contributed by atoms with Gasteiger partial charge in [-0.25, -0.2) is 4.99 Å². The molecular formula is C21H41IN8O. The van der Waals surface area contributed by atoms with Crippen LogP contribution in [0, 0.1) is 6.92 Å². The highest BCUT2D eigenvalue weighted by Crippen LogP contribution is 2.17. The van der Waals surface area contributed by atoms with Crippen molar-refractivity contribution in [3.05, 3.63) is 11.6 Å². The smallest absolute Gasteiger partial charge is 0.194 e. The molecule has 2 saturated heterocycles. The van der Waals surface area contributed by atoms with E-state index < -0.39 is 0 Å². The Hall–Kier alpha value is -0.980. The zero-order valence-electron chi connectivity index (χ0n) is 19.7. The fourth-order valence-electron chi connectivity index (χ4n) is 4.29. The largest absolute Gasteiger partial charge is 0.379 e. The van der Waals surface area contributed by atoms with Crippen LogP contribution in [0.2, 0.25) is 0 Å². The van der Waals surface area contributed by atoms with E-state index in [2.05, 4.69) is 44.2 Å². The van der Waals surface area contributed by atoms with Crippen LogP contribution in [0.5, 0.6) is 0 Å². The van der Waals surface area contributed by atoms with Crippen molar-refractivity contribution < 1.29 is 4.74 Å². The number of ether oxygens (including phenoxy) is 1. The van der Waals surface area contributed by atoms with Crippen molar-refractivity contribution in [3.8, 4) is 0 Å². The van der Waals surface area contributed by atoms with Crippen molar-refractivity contribution in [2.75, 3.05) is 66.1 Å². The molecule has 3 rings (SSSR count). The van der Waals surface area contributed by atoms with Gasteiger partial charge in [-0.1, -0.05) is 6.92 Å². The Kier molecular flexibility index (Phi) is 11.5. The molecular weight excluding hydrogens is 507 g/mol. The summed E-state index contributed by atoms with van der Waals surface area (Å²) in [6.07, 6.45) is 3.66. The molecule has 9 nitrogen and oxygen atoms in total. The number of hydrogen-bond donors (Lipinski definition) is 1. The Bertz CT molecular complexity index is 676. The molecule has 0 aliphatic carbocycles. The Morgan fingerprint density at radius 1 is 1.26 bits per heavy atom. The Balaban J connectivity index is 0.00000341. The van der Waals surface area contributed by atoms with Gasteiger partial charge in [0.2, 0.25) is 0 Å². The molecule has 2 aliphatic rings. The molecule has 0 bridgehead atoms. The lowest BCUT2D eigenvalue weighted by Crippen LogP contribution is -2.46. The van der Waals surface area contributed by atoms with Gasteiger partial charge < -0.3 is 19.5 Å². The standard InChI is InChI=1S/C21H40N8O.HI/c1-5-29-11-6-8-19(29)17-26(3)21(23-16-20-25-24-18(2)27(20)4)22-9-7-10-28-12-14-30-15-13-28;/h19H,5-17H2,1-4H3,(H,22,23);1H. The summed E-state index contributed by atoms with van der Waals surface area (Å²) in [6, 6.07) is 0.609. The molecule has 31 heavy (non-hydrogen) atoms. The minimum Gasteiger partial charge on any atom is -0.379 e. The number of halogens is 1. The van der Waals surface area contributed by atoms with E-state index in [0.29, 0.717) is 12.6 Å². The maximum Gasteiger partial charge on any atom is 0.194 e. The van der Waals surface area contributed by atoms with Crippen LogP contribution in [0.15, 0.2) is 4.99 Å². The van der Waals surface area contributed by atoms with E-state index in [1.165, 1.54) is 19.4 Å². The van der Waals surface area contributed by atoms with Crippen LogP contribution >= 0.6 is 24.0 Å². The van der Waals surface area contributed by atoms with E-state index in [4.69, 9.17) is 9.73 Å². The number of aryl methyl sites for hydroxylation is 1. The molecule has 0 aromatic carbocycles. The predicted molar refractivity (Wildman–Crippen MR) is 135 cm³/mol. The van der Waals surface area contributed by atoms with E-state index in [9.17, 15) is 0 Å². The van der Waals surface area contributed by atoms with Crippen molar-refractivity contribution in [3.63, 3.8) is 0 Å². The molecule has 1 atom stereocenters. The Labute approximate surface area is 204 Å². The number of hydrogen-bond acceptors (Lipinski definition) is 6. The summed E-state index contributed by atoms with van der Waals surface area (Å²) in [5.74, 6) is 2.77. The van der Waals surface area contributed by atoms with Crippen LogP contribution in [-0.4, -0.2) is 108 Å². The molecule has 0 spiro atoms. The van der Waals surface area contributed by atoms with Gasteiger partial charge in [0.1, 0.15) is 12.4 Å². The van der Waals surface area contributed by atoms with E-state index in [1.807, 2.05) is 18.5 Å². The van der Waals surface area contributed by atoms with E-state index in [1.54, 1.807) is 0 Å². The van der Waals surface area contributed by atoms with Crippen LogP contribution in [0.1, 0.15) is 37.8 Å². The monoisotopic (exact) mass is 548 g/mol. The van der Waals surface area contributed by atoms with Gasteiger partial charge >= 0.3 is 0 Å². The van der Waals surface area contributed by atoms with Gasteiger partial charge in [0.25, 0.3) is 0 Å². The first-order valence-electron chi connectivity index (χ1n) is 11.5. The third-order valence-corrected chi connectivity index (χ3v) is 6.34. The summed E-state index contributed by atoms with van der Waals surface area (Å²) in [4.78, 5) is 12.2. The molecule has 1 aromatic rings. The molecule has 0 saturated carbocycles. The quantitative estimate of drug-likeness (QED) is 0.216. The van der Waals surface area contributed by atoms with Gasteiger partial charge in [0.15, 0.2) is 11.8 Å². The van der Waals surface area contributed by atoms with Crippen LogP contribution < -0.4 is 5.32 Å². The molecule has 1 aromatic heterocycles. The first-order valence-corrected chi connectivity index (χ1v) is 11.5. The Morgan fingerprint density at radius 3 is 2.71 bits per heavy atom. The van der Waals surface area contributed by atoms with Crippen LogP contribution in [0.25, 0.3) is 0 Å². The number of aliphatic imine (C=N–C) groups is 1. The van der Waals surface area contributed by atoms with E-state index in [0.717, 1.165) is 76.5 Å². The topological polar surface area (TPSA) is 74.1 Å². The summed E-state index contributed by atoms with van der Waals surface area (Å²) in [6.45, 7) is 13.9. The number of guanidine groups is 1. The molecule has 10 heteroatoms. The van der Waals surface area contributed by atoms with Gasteiger partial charge in [0, 0.05) is 46.3 Å². The average Bonchev–Trinajstić information content (AvgIpc) is 3.34. The summed E-state index contributed by atoms with van der Waals surface area (Å²) >= 11 is 0. The molecule has 1 N–H and O–H groups in total. The zero-order valence-corrected chi connectivity index (χ0v) is 22.0. The number of nitrogens with zero attached hydrogens (tertiary/aromatic N) is 7. The third kappa shape index (κ3) is 7.83. The second kappa shape index (κ2) is 13.5. The Morgan fingerprint density at radius 2 is 2.03 bits per heavy atom. The molecule has 1 unspecified atom stereocenters. The number of nitrogens with one attached hydrogen (secondary N) is 1. The highest BCUT2D eigenvalue weighted by molar-refractivity contribution is 14.0. The van der Waals surface area contributed by atoms with Crippen molar-refractivity contribution in [1.82, 2.24) is 34.8 Å². The second-order valence-electron chi connectivity index (χ2n) is 8.40. The van der Waals surface area contributed by atoms with Crippen molar-refractivity contribution >= 4 is 29.9 Å². The summed E-state index contributed by atoms with van der Waals surface area (Å²) in [7, 11) is 4.15.